The first kappa shape index (κ1) is 15.4. The van der Waals surface area contributed by atoms with E-state index in [9.17, 15) is 13.2 Å². The number of carbonyl (C=O) groups excluding carboxylic acids is 1. The zero-order valence-electron chi connectivity index (χ0n) is 11.0. The molecule has 0 unspecified atom stereocenters. The number of carbonyl (C=O) groups is 1. The number of piperazine rings is 1. The van der Waals surface area contributed by atoms with Crippen LogP contribution in [0.15, 0.2) is 22.7 Å². The second kappa shape index (κ2) is 5.80. The van der Waals surface area contributed by atoms with Gasteiger partial charge >= 0.3 is 0 Å². The molecule has 1 amide bonds. The van der Waals surface area contributed by atoms with Crippen molar-refractivity contribution in [1.82, 2.24) is 9.21 Å². The summed E-state index contributed by atoms with van der Waals surface area (Å²) in [5.74, 6) is -0.0940. The smallest absolute Gasteiger partial charge is 0.277 e. The number of hydrogen-bond donors (Lipinski definition) is 1. The molecule has 0 aromatic heterocycles. The average molecular weight is 362 g/mol. The Bertz CT molecular complexity index is 605. The van der Waals surface area contributed by atoms with Gasteiger partial charge in [-0.05, 0) is 30.7 Å². The van der Waals surface area contributed by atoms with Crippen molar-refractivity contribution in [2.24, 2.45) is 5.14 Å². The monoisotopic (exact) mass is 361 g/mol. The highest BCUT2D eigenvalue weighted by Gasteiger charge is 2.27. The molecular weight excluding hydrogens is 346 g/mol. The molecule has 0 saturated carbocycles. The normalized spacial score (nSPS) is 17.2. The predicted molar refractivity (Wildman–Crippen MR) is 79.5 cm³/mol. The lowest BCUT2D eigenvalue weighted by Crippen LogP contribution is -2.52. The topological polar surface area (TPSA) is 83.7 Å². The molecule has 110 valence electrons. The van der Waals surface area contributed by atoms with Crippen LogP contribution in [0.2, 0.25) is 0 Å². The van der Waals surface area contributed by atoms with Crippen molar-refractivity contribution >= 4 is 32.0 Å². The van der Waals surface area contributed by atoms with Gasteiger partial charge in [0.15, 0.2) is 0 Å². The molecule has 2 N–H and O–H groups in total. The third-order valence-corrected chi connectivity index (χ3v) is 4.72. The summed E-state index contributed by atoms with van der Waals surface area (Å²) >= 11 is 3.37. The standard InChI is InChI=1S/C12H16BrN3O3S/c1-9-6-10(8-11(13)7-9)12(17)15-2-4-16(5-3-15)20(14,18)19/h6-8H,2-5H2,1H3,(H2,14,18,19). The van der Waals surface area contributed by atoms with Crippen molar-refractivity contribution in [3.63, 3.8) is 0 Å². The molecule has 0 atom stereocenters. The van der Waals surface area contributed by atoms with Crippen molar-refractivity contribution in [3.05, 3.63) is 33.8 Å². The number of benzene rings is 1. The molecule has 6 nitrogen and oxygen atoms in total. The highest BCUT2D eigenvalue weighted by atomic mass is 79.9. The SMILES string of the molecule is Cc1cc(Br)cc(C(=O)N2CCN(S(N)(=O)=O)CC2)c1. The number of rotatable bonds is 2. The van der Waals surface area contributed by atoms with Crippen molar-refractivity contribution in [1.29, 1.82) is 0 Å². The molecule has 1 aromatic rings. The zero-order valence-corrected chi connectivity index (χ0v) is 13.4. The Balaban J connectivity index is 2.09. The molecule has 20 heavy (non-hydrogen) atoms. The molecule has 1 aromatic carbocycles. The Morgan fingerprint density at radius 2 is 1.80 bits per heavy atom. The van der Waals surface area contributed by atoms with E-state index in [1.54, 1.807) is 11.0 Å². The van der Waals surface area contributed by atoms with Crippen LogP contribution in [-0.4, -0.2) is 49.7 Å². The van der Waals surface area contributed by atoms with Crippen LogP contribution in [-0.2, 0) is 10.2 Å². The first-order chi connectivity index (χ1) is 9.27. The molecule has 0 bridgehead atoms. The third-order valence-electron chi connectivity index (χ3n) is 3.17. The minimum absolute atomic E-state index is 0.0940. The molecule has 1 fully saturated rings. The summed E-state index contributed by atoms with van der Waals surface area (Å²) in [5, 5.41) is 5.07. The van der Waals surface area contributed by atoms with Crippen LogP contribution in [0.3, 0.4) is 0 Å². The fourth-order valence-corrected chi connectivity index (χ4v) is 3.47. The van der Waals surface area contributed by atoms with Crippen molar-refractivity contribution in [2.45, 2.75) is 6.92 Å². The lowest BCUT2D eigenvalue weighted by Gasteiger charge is -2.33. The summed E-state index contributed by atoms with van der Waals surface area (Å²) in [6.45, 7) is 3.08. The minimum atomic E-state index is -3.67. The lowest BCUT2D eigenvalue weighted by atomic mass is 10.1. The first-order valence-corrected chi connectivity index (χ1v) is 8.41. The van der Waals surface area contributed by atoms with Crippen molar-refractivity contribution in [3.8, 4) is 0 Å². The van der Waals surface area contributed by atoms with E-state index in [2.05, 4.69) is 15.9 Å². The van der Waals surface area contributed by atoms with Gasteiger partial charge in [0.2, 0.25) is 0 Å². The Morgan fingerprint density at radius 1 is 1.20 bits per heavy atom. The Hall–Kier alpha value is -0.960. The second-order valence-corrected chi connectivity index (χ2v) is 7.22. The molecular formula is C12H16BrN3O3S. The van der Waals surface area contributed by atoms with Crippen molar-refractivity contribution in [2.75, 3.05) is 26.2 Å². The van der Waals surface area contributed by atoms with E-state index in [0.29, 0.717) is 18.7 Å². The Labute approximate surface area is 126 Å². The van der Waals surface area contributed by atoms with E-state index < -0.39 is 10.2 Å². The maximum absolute atomic E-state index is 12.4. The van der Waals surface area contributed by atoms with E-state index in [4.69, 9.17) is 5.14 Å². The molecule has 1 aliphatic rings. The highest BCUT2D eigenvalue weighted by molar-refractivity contribution is 9.10. The number of halogens is 1. The molecule has 0 radical (unpaired) electrons. The van der Waals surface area contributed by atoms with Gasteiger partial charge < -0.3 is 4.90 Å². The maximum Gasteiger partial charge on any atom is 0.277 e. The Kier molecular flexibility index (Phi) is 4.48. The first-order valence-electron chi connectivity index (χ1n) is 6.12. The van der Waals surface area contributed by atoms with Gasteiger partial charge in [0.05, 0.1) is 0 Å². The molecule has 0 aliphatic carbocycles. The van der Waals surface area contributed by atoms with Gasteiger partial charge in [-0.15, -0.1) is 0 Å². The molecule has 0 spiro atoms. The fraction of sp³-hybridized carbons (Fsp3) is 0.417. The van der Waals surface area contributed by atoms with Crippen LogP contribution < -0.4 is 5.14 Å². The highest BCUT2D eigenvalue weighted by Crippen LogP contribution is 2.17. The quantitative estimate of drug-likeness (QED) is 0.842. The number of nitrogens with zero attached hydrogens (tertiary/aromatic N) is 2. The van der Waals surface area contributed by atoms with E-state index in [0.717, 1.165) is 10.0 Å². The summed E-state index contributed by atoms with van der Waals surface area (Å²) in [4.78, 5) is 14.0. The minimum Gasteiger partial charge on any atom is -0.336 e. The maximum atomic E-state index is 12.4. The summed E-state index contributed by atoms with van der Waals surface area (Å²) in [5.41, 5.74) is 1.59. The summed E-state index contributed by atoms with van der Waals surface area (Å²) in [6.07, 6.45) is 0. The zero-order chi connectivity index (χ0) is 14.9. The van der Waals surface area contributed by atoms with Crippen LogP contribution in [0, 0.1) is 6.92 Å². The van der Waals surface area contributed by atoms with E-state index >= 15 is 0 Å². The lowest BCUT2D eigenvalue weighted by molar-refractivity contribution is 0.0697. The number of hydrogen-bond acceptors (Lipinski definition) is 3. The number of aryl methyl sites for hydroxylation is 1. The van der Waals surface area contributed by atoms with Gasteiger partial charge in [-0.1, -0.05) is 15.9 Å². The van der Waals surface area contributed by atoms with Crippen LogP contribution in [0.4, 0.5) is 0 Å². The van der Waals surface area contributed by atoms with Gasteiger partial charge in [-0.25, -0.2) is 5.14 Å². The van der Waals surface area contributed by atoms with Crippen molar-refractivity contribution < 1.29 is 13.2 Å². The second-order valence-electron chi connectivity index (χ2n) is 4.75. The van der Waals surface area contributed by atoms with Crippen LogP contribution in [0.5, 0.6) is 0 Å². The number of nitrogens with two attached hydrogens (primary N) is 1. The van der Waals surface area contributed by atoms with Gasteiger partial charge in [-0.3, -0.25) is 4.79 Å². The molecule has 1 aliphatic heterocycles. The van der Waals surface area contributed by atoms with E-state index in [1.165, 1.54) is 4.31 Å². The van der Waals surface area contributed by atoms with Gasteiger partial charge in [0.25, 0.3) is 16.1 Å². The number of amides is 1. The van der Waals surface area contributed by atoms with Crippen LogP contribution in [0.25, 0.3) is 0 Å². The molecule has 1 saturated heterocycles. The molecule has 1 heterocycles. The molecule has 2 rings (SSSR count). The van der Waals surface area contributed by atoms with E-state index in [-0.39, 0.29) is 19.0 Å². The van der Waals surface area contributed by atoms with Crippen LogP contribution in [0.1, 0.15) is 15.9 Å². The van der Waals surface area contributed by atoms with Gasteiger partial charge in [0, 0.05) is 36.2 Å². The largest absolute Gasteiger partial charge is 0.336 e. The third kappa shape index (κ3) is 3.57. The summed E-state index contributed by atoms with van der Waals surface area (Å²) in [6, 6.07) is 5.51. The van der Waals surface area contributed by atoms with Crippen LogP contribution >= 0.6 is 15.9 Å². The summed E-state index contributed by atoms with van der Waals surface area (Å²) < 4.78 is 24.5. The Morgan fingerprint density at radius 3 is 2.30 bits per heavy atom. The molecule has 8 heteroatoms. The summed E-state index contributed by atoms with van der Waals surface area (Å²) in [7, 11) is -3.67. The fourth-order valence-electron chi connectivity index (χ4n) is 2.19. The van der Waals surface area contributed by atoms with E-state index in [1.807, 2.05) is 19.1 Å². The average Bonchev–Trinajstić information content (AvgIpc) is 2.36. The van der Waals surface area contributed by atoms with Gasteiger partial charge in [0.1, 0.15) is 0 Å². The predicted octanol–water partition coefficient (Wildman–Crippen LogP) is 0.719. The van der Waals surface area contributed by atoms with Gasteiger partial charge in [-0.2, -0.15) is 12.7 Å².